The number of rotatable bonds is 5. The van der Waals surface area contributed by atoms with Gasteiger partial charge in [-0.05, 0) is 98.4 Å². The van der Waals surface area contributed by atoms with Crippen molar-refractivity contribution in [3.63, 3.8) is 0 Å². The second-order valence-corrected chi connectivity index (χ2v) is 10.3. The monoisotopic (exact) mass is 510 g/mol. The molecule has 0 spiro atoms. The largest absolute Gasteiger partial charge is 0.399 e. The fraction of sp³-hybridized carbons (Fsp3) is 0.393. The lowest BCUT2D eigenvalue weighted by Gasteiger charge is -2.34. The lowest BCUT2D eigenvalue weighted by Crippen LogP contribution is -2.31. The quantitative estimate of drug-likeness (QED) is 0.291. The van der Waals surface area contributed by atoms with Crippen LogP contribution in [0.5, 0.6) is 0 Å². The molecule has 2 aliphatic carbocycles. The highest BCUT2D eigenvalue weighted by molar-refractivity contribution is 5.97. The summed E-state index contributed by atoms with van der Waals surface area (Å²) in [6, 6.07) is 11.3. The van der Waals surface area contributed by atoms with Crippen LogP contribution >= 0.6 is 0 Å². The number of aromatic amines is 1. The molecule has 9 heteroatoms. The highest BCUT2D eigenvalue weighted by Gasteiger charge is 2.48. The SMILES string of the molecule is O=C(NC1CC1)c1ccc2[nH]c([C@@H]([C@H]3CC[C@@H](c4ccnc5ccc(F)cc54)CC3)C(F)(F)F)nc2c1. The van der Waals surface area contributed by atoms with E-state index in [1.165, 1.54) is 12.1 Å². The van der Waals surface area contributed by atoms with Gasteiger partial charge in [-0.3, -0.25) is 9.78 Å². The number of hydrogen-bond acceptors (Lipinski definition) is 3. The standard InChI is InChI=1S/C28H26F4N4O/c29-18-6-10-22-21(14-18)20(11-12-33-22)15-1-3-16(4-2-15)25(28(30,31)32)26-35-23-9-5-17(13-24(23)36-26)27(37)34-19-7-8-19/h5-6,9-16,19,25H,1-4,7-8H2,(H,34,37)(H,35,36)/t15-,16+,25-/m1/s1. The van der Waals surface area contributed by atoms with E-state index < -0.39 is 18.0 Å². The van der Waals surface area contributed by atoms with Crippen LogP contribution < -0.4 is 5.32 Å². The van der Waals surface area contributed by atoms with Crippen molar-refractivity contribution in [2.45, 2.75) is 62.6 Å². The number of carbonyl (C=O) groups excluding carboxylic acids is 1. The van der Waals surface area contributed by atoms with Gasteiger partial charge >= 0.3 is 6.18 Å². The van der Waals surface area contributed by atoms with E-state index in [4.69, 9.17) is 0 Å². The molecule has 6 rings (SSSR count). The minimum absolute atomic E-state index is 0.0423. The molecule has 0 radical (unpaired) electrons. The number of nitrogens with zero attached hydrogens (tertiary/aromatic N) is 2. The first-order valence-corrected chi connectivity index (χ1v) is 12.7. The Morgan fingerprint density at radius 2 is 1.76 bits per heavy atom. The predicted octanol–water partition coefficient (Wildman–Crippen LogP) is 6.76. The Hall–Kier alpha value is -3.49. The summed E-state index contributed by atoms with van der Waals surface area (Å²) in [4.78, 5) is 23.9. The van der Waals surface area contributed by atoms with Crippen LogP contribution in [0.2, 0.25) is 0 Å². The first-order chi connectivity index (χ1) is 17.8. The zero-order valence-corrected chi connectivity index (χ0v) is 20.0. The van der Waals surface area contributed by atoms with Crippen molar-refractivity contribution in [1.82, 2.24) is 20.3 Å². The molecule has 1 amide bonds. The zero-order chi connectivity index (χ0) is 25.7. The van der Waals surface area contributed by atoms with Crippen molar-refractivity contribution in [2.24, 2.45) is 5.92 Å². The van der Waals surface area contributed by atoms with E-state index in [-0.39, 0.29) is 29.5 Å². The van der Waals surface area contributed by atoms with E-state index in [1.54, 1.807) is 30.5 Å². The predicted molar refractivity (Wildman–Crippen MR) is 132 cm³/mol. The van der Waals surface area contributed by atoms with Crippen LogP contribution in [-0.4, -0.2) is 33.1 Å². The molecule has 1 atom stereocenters. The van der Waals surface area contributed by atoms with Crippen LogP contribution in [-0.2, 0) is 0 Å². The van der Waals surface area contributed by atoms with Gasteiger partial charge in [-0.2, -0.15) is 13.2 Å². The molecular formula is C28H26F4N4O. The number of H-pyrrole nitrogens is 1. The van der Waals surface area contributed by atoms with Crippen LogP contribution in [0, 0.1) is 11.7 Å². The summed E-state index contributed by atoms with van der Waals surface area (Å²) in [5, 5.41) is 3.61. The minimum atomic E-state index is -4.47. The van der Waals surface area contributed by atoms with Crippen molar-refractivity contribution in [3.8, 4) is 0 Å². The first-order valence-electron chi connectivity index (χ1n) is 12.7. The Labute approximate surface area is 210 Å². The van der Waals surface area contributed by atoms with E-state index >= 15 is 0 Å². The average molecular weight is 511 g/mol. The molecule has 2 aromatic heterocycles. The topological polar surface area (TPSA) is 70.7 Å². The lowest BCUT2D eigenvalue weighted by molar-refractivity contribution is -0.166. The fourth-order valence-electron chi connectivity index (χ4n) is 5.72. The maximum absolute atomic E-state index is 14.4. The van der Waals surface area contributed by atoms with Crippen LogP contribution in [0.25, 0.3) is 21.9 Å². The highest BCUT2D eigenvalue weighted by atomic mass is 19.4. The number of imidazole rings is 1. The smallest absolute Gasteiger partial charge is 0.349 e. The highest BCUT2D eigenvalue weighted by Crippen LogP contribution is 2.48. The van der Waals surface area contributed by atoms with Gasteiger partial charge in [0.1, 0.15) is 17.6 Å². The van der Waals surface area contributed by atoms with E-state index in [0.717, 1.165) is 23.8 Å². The summed E-state index contributed by atoms with van der Waals surface area (Å²) >= 11 is 0. The summed E-state index contributed by atoms with van der Waals surface area (Å²) in [7, 11) is 0. The van der Waals surface area contributed by atoms with Crippen molar-refractivity contribution < 1.29 is 22.4 Å². The van der Waals surface area contributed by atoms with Crippen molar-refractivity contribution >= 4 is 27.8 Å². The number of amides is 1. The van der Waals surface area contributed by atoms with E-state index in [0.29, 0.717) is 47.8 Å². The molecule has 2 fully saturated rings. The van der Waals surface area contributed by atoms with Gasteiger partial charge in [0.2, 0.25) is 0 Å². The summed E-state index contributed by atoms with van der Waals surface area (Å²) in [5.74, 6) is -3.01. The summed E-state index contributed by atoms with van der Waals surface area (Å²) in [6.07, 6.45) is 0.990. The third-order valence-corrected chi connectivity index (χ3v) is 7.74. The number of carbonyl (C=O) groups is 1. The molecule has 0 unspecified atom stereocenters. The van der Waals surface area contributed by atoms with E-state index in [2.05, 4.69) is 20.3 Å². The fourth-order valence-corrected chi connectivity index (χ4v) is 5.72. The number of nitrogens with one attached hydrogen (secondary N) is 2. The van der Waals surface area contributed by atoms with E-state index in [9.17, 15) is 22.4 Å². The Kier molecular flexibility index (Phi) is 5.88. The van der Waals surface area contributed by atoms with Crippen molar-refractivity contribution in [2.75, 3.05) is 0 Å². The molecule has 2 N–H and O–H groups in total. The Bertz CT molecular complexity index is 1470. The number of alkyl halides is 3. The van der Waals surface area contributed by atoms with Gasteiger partial charge in [0, 0.05) is 23.2 Å². The molecule has 5 nitrogen and oxygen atoms in total. The number of fused-ring (bicyclic) bond motifs is 2. The average Bonchev–Trinajstić information content (AvgIpc) is 3.59. The summed E-state index contributed by atoms with van der Waals surface area (Å²) in [5.41, 5.74) is 2.84. The molecule has 37 heavy (non-hydrogen) atoms. The number of halogens is 4. The molecule has 0 saturated heterocycles. The van der Waals surface area contributed by atoms with Gasteiger partial charge in [0.15, 0.2) is 0 Å². The lowest BCUT2D eigenvalue weighted by atomic mass is 9.73. The Morgan fingerprint density at radius 3 is 2.49 bits per heavy atom. The van der Waals surface area contributed by atoms with Crippen LogP contribution in [0.15, 0.2) is 48.7 Å². The molecule has 0 aliphatic heterocycles. The number of hydrogen-bond donors (Lipinski definition) is 2. The molecule has 4 aromatic rings. The molecule has 2 aromatic carbocycles. The molecule has 2 aliphatic rings. The number of aromatic nitrogens is 3. The molecule has 2 saturated carbocycles. The van der Waals surface area contributed by atoms with Gasteiger partial charge in [-0.25, -0.2) is 9.37 Å². The van der Waals surface area contributed by atoms with E-state index in [1.807, 2.05) is 6.07 Å². The third-order valence-electron chi connectivity index (χ3n) is 7.74. The minimum Gasteiger partial charge on any atom is -0.349 e. The Morgan fingerprint density at radius 1 is 0.973 bits per heavy atom. The maximum Gasteiger partial charge on any atom is 0.399 e. The van der Waals surface area contributed by atoms with Gasteiger partial charge in [0.05, 0.1) is 16.6 Å². The molecule has 192 valence electrons. The summed E-state index contributed by atoms with van der Waals surface area (Å²) in [6.45, 7) is 0. The second-order valence-electron chi connectivity index (χ2n) is 10.3. The van der Waals surface area contributed by atoms with Gasteiger partial charge in [-0.1, -0.05) is 0 Å². The molecular weight excluding hydrogens is 484 g/mol. The summed E-state index contributed by atoms with van der Waals surface area (Å²) < 4.78 is 57.0. The number of pyridine rings is 1. The van der Waals surface area contributed by atoms with Crippen LogP contribution in [0.3, 0.4) is 0 Å². The Balaban J connectivity index is 1.24. The molecule has 2 heterocycles. The zero-order valence-electron chi connectivity index (χ0n) is 20.0. The van der Waals surface area contributed by atoms with Crippen LogP contribution in [0.1, 0.15) is 72.1 Å². The van der Waals surface area contributed by atoms with Gasteiger partial charge in [0.25, 0.3) is 5.91 Å². The second kappa shape index (κ2) is 9.11. The molecule has 0 bridgehead atoms. The third kappa shape index (κ3) is 4.79. The maximum atomic E-state index is 14.4. The van der Waals surface area contributed by atoms with Crippen molar-refractivity contribution in [3.05, 3.63) is 71.4 Å². The van der Waals surface area contributed by atoms with Gasteiger partial charge < -0.3 is 10.3 Å². The number of benzene rings is 2. The first kappa shape index (κ1) is 23.9. The van der Waals surface area contributed by atoms with Crippen LogP contribution in [0.4, 0.5) is 17.6 Å². The van der Waals surface area contributed by atoms with Crippen molar-refractivity contribution in [1.29, 1.82) is 0 Å². The van der Waals surface area contributed by atoms with Gasteiger partial charge in [-0.15, -0.1) is 0 Å². The normalized spacial score (nSPS) is 21.3.